The summed E-state index contributed by atoms with van der Waals surface area (Å²) in [6, 6.07) is 9.57. The minimum absolute atomic E-state index is 0.141. The van der Waals surface area contributed by atoms with Crippen LogP contribution in [0.5, 0.6) is 0 Å². The van der Waals surface area contributed by atoms with Crippen molar-refractivity contribution in [3.8, 4) is 6.07 Å². The van der Waals surface area contributed by atoms with Gasteiger partial charge in [0, 0.05) is 0 Å². The van der Waals surface area contributed by atoms with Crippen molar-refractivity contribution >= 4 is 0 Å². The molecule has 1 aromatic rings. The molecule has 1 unspecified atom stereocenters. The summed E-state index contributed by atoms with van der Waals surface area (Å²) in [5.41, 5.74) is 4.18. The van der Waals surface area contributed by atoms with Crippen LogP contribution in [0.2, 0.25) is 0 Å². The van der Waals surface area contributed by atoms with Gasteiger partial charge in [0.1, 0.15) is 0 Å². The average molecular weight is 240 g/mol. The maximum atomic E-state index is 9.37. The van der Waals surface area contributed by atoms with Gasteiger partial charge in [-0.15, -0.1) is 0 Å². The summed E-state index contributed by atoms with van der Waals surface area (Å²) in [6.45, 7) is 0. The summed E-state index contributed by atoms with van der Waals surface area (Å²) in [5, 5.41) is 12.7. The minimum atomic E-state index is -0.141. The zero-order valence-corrected chi connectivity index (χ0v) is 11.0. The zero-order chi connectivity index (χ0) is 12.6. The van der Waals surface area contributed by atoms with Crippen molar-refractivity contribution in [2.75, 3.05) is 7.05 Å². The fraction of sp³-hybridized carbons (Fsp3) is 0.562. The molecule has 1 aromatic carbocycles. The SMILES string of the molecule is CNC(c1ccc2c(c1)CCCC2)C1(C#N)CC1. The van der Waals surface area contributed by atoms with Crippen LogP contribution in [0.25, 0.3) is 0 Å². The highest BCUT2D eigenvalue weighted by atomic mass is 14.9. The Hall–Kier alpha value is -1.33. The molecule has 2 aliphatic rings. The Morgan fingerprint density at radius 2 is 1.94 bits per heavy atom. The first-order chi connectivity index (χ1) is 8.79. The fourth-order valence-electron chi connectivity index (χ4n) is 3.29. The third-order valence-corrected chi connectivity index (χ3v) is 4.56. The van der Waals surface area contributed by atoms with Crippen LogP contribution < -0.4 is 5.32 Å². The molecule has 3 rings (SSSR count). The minimum Gasteiger partial charge on any atom is -0.312 e. The first kappa shape index (κ1) is 11.7. The van der Waals surface area contributed by atoms with Crippen LogP contribution in [0, 0.1) is 16.7 Å². The zero-order valence-electron chi connectivity index (χ0n) is 11.0. The lowest BCUT2D eigenvalue weighted by Crippen LogP contribution is -2.26. The van der Waals surface area contributed by atoms with E-state index >= 15 is 0 Å². The van der Waals surface area contributed by atoms with Gasteiger partial charge in [0.2, 0.25) is 0 Å². The van der Waals surface area contributed by atoms with Gasteiger partial charge in [-0.2, -0.15) is 5.26 Å². The molecule has 2 aliphatic carbocycles. The Labute approximate surface area is 109 Å². The van der Waals surface area contributed by atoms with Crippen LogP contribution in [0.1, 0.15) is 48.4 Å². The van der Waals surface area contributed by atoms with E-state index in [1.165, 1.54) is 42.4 Å². The van der Waals surface area contributed by atoms with Crippen LogP contribution >= 0.6 is 0 Å². The molecule has 0 aliphatic heterocycles. The van der Waals surface area contributed by atoms with Crippen molar-refractivity contribution in [2.45, 2.75) is 44.6 Å². The molecule has 0 amide bonds. The molecule has 1 fully saturated rings. The summed E-state index contributed by atoms with van der Waals surface area (Å²) >= 11 is 0. The van der Waals surface area contributed by atoms with E-state index in [0.29, 0.717) is 0 Å². The predicted octanol–water partition coefficient (Wildman–Crippen LogP) is 3.13. The molecule has 18 heavy (non-hydrogen) atoms. The van der Waals surface area contributed by atoms with Gasteiger partial charge in [-0.1, -0.05) is 18.2 Å². The van der Waals surface area contributed by atoms with E-state index in [4.69, 9.17) is 0 Å². The predicted molar refractivity (Wildman–Crippen MR) is 72.2 cm³/mol. The molecule has 1 atom stereocenters. The van der Waals surface area contributed by atoms with Crippen molar-refractivity contribution in [3.63, 3.8) is 0 Å². The smallest absolute Gasteiger partial charge is 0.0769 e. The standard InChI is InChI=1S/C16H20N2/c1-18-15(16(11-17)8-9-16)14-7-6-12-4-2-3-5-13(12)10-14/h6-7,10,15,18H,2-5,8-9H2,1H3. The molecule has 94 valence electrons. The van der Waals surface area contributed by atoms with Gasteiger partial charge in [0.15, 0.2) is 0 Å². The van der Waals surface area contributed by atoms with Gasteiger partial charge in [-0.25, -0.2) is 0 Å². The first-order valence-corrected chi connectivity index (χ1v) is 6.99. The number of nitriles is 1. The van der Waals surface area contributed by atoms with Gasteiger partial charge in [-0.3, -0.25) is 0 Å². The molecule has 0 bridgehead atoms. The van der Waals surface area contributed by atoms with Crippen LogP contribution in [0.3, 0.4) is 0 Å². The summed E-state index contributed by atoms with van der Waals surface area (Å²) in [4.78, 5) is 0. The van der Waals surface area contributed by atoms with Crippen LogP contribution in [0.15, 0.2) is 18.2 Å². The summed E-state index contributed by atoms with van der Waals surface area (Å²) in [5.74, 6) is 0. The molecular formula is C16H20N2. The van der Waals surface area contributed by atoms with E-state index < -0.39 is 0 Å². The Kier molecular flexibility index (Phi) is 2.87. The van der Waals surface area contributed by atoms with E-state index in [0.717, 1.165) is 12.8 Å². The molecule has 2 nitrogen and oxygen atoms in total. The second-order valence-electron chi connectivity index (χ2n) is 5.72. The second kappa shape index (κ2) is 4.40. The van der Waals surface area contributed by atoms with Crippen LogP contribution in [0.4, 0.5) is 0 Å². The highest BCUT2D eigenvalue weighted by Crippen LogP contribution is 2.54. The van der Waals surface area contributed by atoms with Gasteiger partial charge in [-0.05, 0) is 62.3 Å². The first-order valence-electron chi connectivity index (χ1n) is 6.99. The van der Waals surface area contributed by atoms with Gasteiger partial charge >= 0.3 is 0 Å². The number of rotatable bonds is 3. The van der Waals surface area contributed by atoms with E-state index in [1.54, 1.807) is 0 Å². The second-order valence-corrected chi connectivity index (χ2v) is 5.72. The van der Waals surface area contributed by atoms with Crippen molar-refractivity contribution in [1.82, 2.24) is 5.32 Å². The monoisotopic (exact) mass is 240 g/mol. The van der Waals surface area contributed by atoms with E-state index in [1.807, 2.05) is 7.05 Å². The Bertz CT molecular complexity index is 494. The lowest BCUT2D eigenvalue weighted by atomic mass is 9.85. The summed E-state index contributed by atoms with van der Waals surface area (Å²) < 4.78 is 0. The maximum absolute atomic E-state index is 9.37. The number of fused-ring (bicyclic) bond motifs is 1. The molecule has 0 heterocycles. The largest absolute Gasteiger partial charge is 0.312 e. The highest BCUT2D eigenvalue weighted by molar-refractivity contribution is 5.38. The molecule has 0 saturated heterocycles. The molecule has 2 heteroatoms. The third-order valence-electron chi connectivity index (χ3n) is 4.56. The fourth-order valence-corrected chi connectivity index (χ4v) is 3.29. The molecule has 0 aromatic heterocycles. The number of hydrogen-bond donors (Lipinski definition) is 1. The average Bonchev–Trinajstić information content (AvgIpc) is 3.20. The number of aryl methyl sites for hydroxylation is 2. The molecule has 0 spiro atoms. The number of benzene rings is 1. The lowest BCUT2D eigenvalue weighted by molar-refractivity contribution is 0.443. The molecule has 1 saturated carbocycles. The van der Waals surface area contributed by atoms with Gasteiger partial charge in [0.05, 0.1) is 17.5 Å². The Balaban J connectivity index is 1.94. The maximum Gasteiger partial charge on any atom is 0.0769 e. The Morgan fingerprint density at radius 1 is 1.22 bits per heavy atom. The normalized spacial score (nSPS) is 21.8. The highest BCUT2D eigenvalue weighted by Gasteiger charge is 2.50. The summed E-state index contributed by atoms with van der Waals surface area (Å²) in [7, 11) is 1.97. The van der Waals surface area contributed by atoms with Crippen molar-refractivity contribution in [3.05, 3.63) is 34.9 Å². The van der Waals surface area contributed by atoms with Gasteiger partial charge in [0.25, 0.3) is 0 Å². The molecule has 0 radical (unpaired) electrons. The van der Waals surface area contributed by atoms with Crippen LogP contribution in [-0.2, 0) is 12.8 Å². The number of hydrogen-bond acceptors (Lipinski definition) is 2. The third kappa shape index (κ3) is 1.83. The molecule has 1 N–H and O–H groups in total. The number of nitrogens with one attached hydrogen (secondary N) is 1. The van der Waals surface area contributed by atoms with E-state index in [2.05, 4.69) is 29.6 Å². The van der Waals surface area contributed by atoms with Crippen LogP contribution in [-0.4, -0.2) is 7.05 Å². The van der Waals surface area contributed by atoms with E-state index in [9.17, 15) is 5.26 Å². The summed E-state index contributed by atoms with van der Waals surface area (Å²) in [6.07, 6.45) is 7.13. The Morgan fingerprint density at radius 3 is 2.56 bits per heavy atom. The van der Waals surface area contributed by atoms with Crippen molar-refractivity contribution < 1.29 is 0 Å². The lowest BCUT2D eigenvalue weighted by Gasteiger charge is -2.24. The molecular weight excluding hydrogens is 220 g/mol. The number of nitrogens with zero attached hydrogens (tertiary/aromatic N) is 1. The topological polar surface area (TPSA) is 35.8 Å². The van der Waals surface area contributed by atoms with Gasteiger partial charge < -0.3 is 5.32 Å². The van der Waals surface area contributed by atoms with Crippen molar-refractivity contribution in [1.29, 1.82) is 5.26 Å². The quantitative estimate of drug-likeness (QED) is 0.881. The van der Waals surface area contributed by atoms with E-state index in [-0.39, 0.29) is 11.5 Å². The van der Waals surface area contributed by atoms with Crippen molar-refractivity contribution in [2.24, 2.45) is 5.41 Å².